The molecule has 0 radical (unpaired) electrons. The maximum Gasteiger partial charge on any atom is 0.328 e. The molecule has 2 fully saturated rings. The monoisotopic (exact) mass is 447 g/mol. The van der Waals surface area contributed by atoms with Gasteiger partial charge in [-0.25, -0.2) is 4.79 Å². The summed E-state index contributed by atoms with van der Waals surface area (Å²) in [7, 11) is 1.27. The van der Waals surface area contributed by atoms with Gasteiger partial charge in [-0.1, -0.05) is 54.6 Å². The molecule has 0 bridgehead atoms. The van der Waals surface area contributed by atoms with Gasteiger partial charge in [-0.15, -0.1) is 0 Å². The molecule has 1 aliphatic carbocycles. The summed E-state index contributed by atoms with van der Waals surface area (Å²) in [4.78, 5) is 44.1. The molecular formula is C26H29N3O4. The number of esters is 1. The van der Waals surface area contributed by atoms with Crippen LogP contribution < -0.4 is 0 Å². The fourth-order valence-electron chi connectivity index (χ4n) is 5.64. The minimum atomic E-state index is -0.914. The van der Waals surface area contributed by atoms with Crippen molar-refractivity contribution in [3.63, 3.8) is 0 Å². The number of carbonyl (C=O) groups is 3. The molecule has 3 amide bonds. The highest BCUT2D eigenvalue weighted by Crippen LogP contribution is 2.40. The molecule has 7 heteroatoms. The van der Waals surface area contributed by atoms with Crippen molar-refractivity contribution in [2.75, 3.05) is 26.7 Å². The van der Waals surface area contributed by atoms with Crippen LogP contribution in [0.25, 0.3) is 0 Å². The summed E-state index contributed by atoms with van der Waals surface area (Å²) < 4.78 is 4.74. The van der Waals surface area contributed by atoms with Crippen molar-refractivity contribution in [2.45, 2.75) is 43.8 Å². The van der Waals surface area contributed by atoms with E-state index in [0.717, 1.165) is 36.4 Å². The Hall–Kier alpha value is -3.19. The Morgan fingerprint density at radius 1 is 0.970 bits per heavy atom. The topological polar surface area (TPSA) is 70.2 Å². The lowest BCUT2D eigenvalue weighted by Crippen LogP contribution is -2.57. The number of urea groups is 1. The van der Waals surface area contributed by atoms with Crippen LogP contribution in [0, 0.1) is 0 Å². The van der Waals surface area contributed by atoms with Crippen LogP contribution in [0.4, 0.5) is 4.79 Å². The van der Waals surface area contributed by atoms with Gasteiger partial charge in [-0.05, 0) is 42.4 Å². The number of nitrogens with zero attached hydrogens (tertiary/aromatic N) is 3. The van der Waals surface area contributed by atoms with Crippen LogP contribution in [-0.2, 0) is 33.7 Å². The SMILES string of the molecule is COC(=O)CN1C(=O)N(Cc2ccccc2)C2(CCN(C3Cc4ccccc4C3)CC2)C1=O. The third-order valence-electron chi connectivity index (χ3n) is 7.49. The molecule has 0 aromatic heterocycles. The van der Waals surface area contributed by atoms with Gasteiger partial charge in [-0.3, -0.25) is 19.4 Å². The fourth-order valence-corrected chi connectivity index (χ4v) is 5.64. The molecule has 0 unspecified atom stereocenters. The molecule has 2 aromatic rings. The summed E-state index contributed by atoms with van der Waals surface area (Å²) in [5.41, 5.74) is 2.87. The minimum absolute atomic E-state index is 0.275. The van der Waals surface area contributed by atoms with E-state index in [-0.39, 0.29) is 12.5 Å². The zero-order valence-corrected chi connectivity index (χ0v) is 18.9. The van der Waals surface area contributed by atoms with Gasteiger partial charge in [0, 0.05) is 25.7 Å². The molecule has 0 atom stereocenters. The Kier molecular flexibility index (Phi) is 5.66. The number of imide groups is 1. The summed E-state index contributed by atoms with van der Waals surface area (Å²) in [6.07, 6.45) is 3.18. The molecule has 0 saturated carbocycles. The number of rotatable bonds is 5. The van der Waals surface area contributed by atoms with Crippen LogP contribution in [-0.4, -0.2) is 70.9 Å². The summed E-state index contributed by atoms with van der Waals surface area (Å²) in [5.74, 6) is -0.863. The van der Waals surface area contributed by atoms with Gasteiger partial charge in [0.2, 0.25) is 0 Å². The number of hydrogen-bond acceptors (Lipinski definition) is 5. The Labute approximate surface area is 193 Å². The Bertz CT molecular complexity index is 1040. The lowest BCUT2D eigenvalue weighted by Gasteiger charge is -2.44. The molecule has 2 aliphatic heterocycles. The first-order valence-corrected chi connectivity index (χ1v) is 11.6. The van der Waals surface area contributed by atoms with Gasteiger partial charge in [0.05, 0.1) is 7.11 Å². The average molecular weight is 448 g/mol. The third kappa shape index (κ3) is 3.80. The number of methoxy groups -OCH3 is 1. The maximum absolute atomic E-state index is 13.6. The molecule has 3 aliphatic rings. The van der Waals surface area contributed by atoms with Crippen molar-refractivity contribution in [2.24, 2.45) is 0 Å². The molecule has 2 aromatic carbocycles. The van der Waals surface area contributed by atoms with Gasteiger partial charge in [0.1, 0.15) is 12.1 Å². The lowest BCUT2D eigenvalue weighted by molar-refractivity contribution is -0.146. The number of benzene rings is 2. The first-order chi connectivity index (χ1) is 16.0. The van der Waals surface area contributed by atoms with Crippen molar-refractivity contribution < 1.29 is 19.1 Å². The van der Waals surface area contributed by atoms with Gasteiger partial charge in [0.15, 0.2) is 0 Å². The van der Waals surface area contributed by atoms with E-state index in [9.17, 15) is 14.4 Å². The standard InChI is InChI=1S/C26H29N3O4/c1-33-23(30)18-28-24(31)26(29(25(28)32)17-19-7-3-2-4-8-19)11-13-27(14-12-26)22-15-20-9-5-6-10-21(20)16-22/h2-10,22H,11-18H2,1H3. The molecule has 2 heterocycles. The maximum atomic E-state index is 13.6. The van der Waals surface area contributed by atoms with E-state index < -0.39 is 17.5 Å². The normalized spacial score (nSPS) is 20.5. The number of likely N-dealkylation sites (tertiary alicyclic amines) is 1. The van der Waals surface area contributed by atoms with Crippen molar-refractivity contribution in [3.8, 4) is 0 Å². The number of amides is 3. The van der Waals surface area contributed by atoms with Gasteiger partial charge >= 0.3 is 12.0 Å². The molecule has 33 heavy (non-hydrogen) atoms. The molecule has 7 nitrogen and oxygen atoms in total. The van der Waals surface area contributed by atoms with Crippen LogP contribution in [0.5, 0.6) is 0 Å². The quantitative estimate of drug-likeness (QED) is 0.521. The van der Waals surface area contributed by atoms with Gasteiger partial charge < -0.3 is 9.64 Å². The smallest absolute Gasteiger partial charge is 0.328 e. The lowest BCUT2D eigenvalue weighted by atomic mass is 9.84. The van der Waals surface area contributed by atoms with E-state index in [0.29, 0.717) is 25.4 Å². The van der Waals surface area contributed by atoms with E-state index in [4.69, 9.17) is 4.74 Å². The molecule has 2 saturated heterocycles. The number of carbonyl (C=O) groups excluding carboxylic acids is 3. The van der Waals surface area contributed by atoms with E-state index in [2.05, 4.69) is 29.2 Å². The predicted molar refractivity (Wildman–Crippen MR) is 122 cm³/mol. The summed E-state index contributed by atoms with van der Waals surface area (Å²) in [6, 6.07) is 18.3. The number of fused-ring (bicyclic) bond motifs is 1. The predicted octanol–water partition coefficient (Wildman–Crippen LogP) is 2.63. The molecule has 172 valence electrons. The first-order valence-electron chi connectivity index (χ1n) is 11.6. The largest absolute Gasteiger partial charge is 0.468 e. The van der Waals surface area contributed by atoms with Crippen LogP contribution in [0.3, 0.4) is 0 Å². The first kappa shape index (κ1) is 21.6. The van der Waals surface area contributed by atoms with Crippen LogP contribution >= 0.6 is 0 Å². The molecule has 5 rings (SSSR count). The Morgan fingerprint density at radius 3 is 2.18 bits per heavy atom. The summed E-state index contributed by atoms with van der Waals surface area (Å²) in [5, 5.41) is 0. The highest BCUT2D eigenvalue weighted by atomic mass is 16.5. The number of hydrogen-bond donors (Lipinski definition) is 0. The molecular weight excluding hydrogens is 418 g/mol. The molecule has 0 N–H and O–H groups in total. The van der Waals surface area contributed by atoms with Crippen molar-refractivity contribution in [1.29, 1.82) is 0 Å². The second-order valence-electron chi connectivity index (χ2n) is 9.22. The fraction of sp³-hybridized carbons (Fsp3) is 0.423. The van der Waals surface area contributed by atoms with Crippen LogP contribution in [0.2, 0.25) is 0 Å². The second-order valence-corrected chi connectivity index (χ2v) is 9.22. The number of piperidine rings is 1. The second kappa shape index (κ2) is 8.63. The van der Waals surface area contributed by atoms with E-state index in [1.807, 2.05) is 30.3 Å². The van der Waals surface area contributed by atoms with Crippen molar-refractivity contribution >= 4 is 17.9 Å². The highest BCUT2D eigenvalue weighted by Gasteiger charge is 2.58. The van der Waals surface area contributed by atoms with Crippen molar-refractivity contribution in [1.82, 2.24) is 14.7 Å². The van der Waals surface area contributed by atoms with E-state index in [1.165, 1.54) is 18.2 Å². The summed E-state index contributed by atoms with van der Waals surface area (Å²) in [6.45, 7) is 1.49. The average Bonchev–Trinajstić information content (AvgIpc) is 3.36. The van der Waals surface area contributed by atoms with Gasteiger partial charge in [0.25, 0.3) is 5.91 Å². The Morgan fingerprint density at radius 2 is 1.58 bits per heavy atom. The molecule has 1 spiro atoms. The minimum Gasteiger partial charge on any atom is -0.468 e. The zero-order valence-electron chi connectivity index (χ0n) is 18.9. The number of ether oxygens (including phenoxy) is 1. The van der Waals surface area contributed by atoms with Crippen LogP contribution in [0.1, 0.15) is 29.5 Å². The summed E-state index contributed by atoms with van der Waals surface area (Å²) >= 11 is 0. The van der Waals surface area contributed by atoms with Crippen LogP contribution in [0.15, 0.2) is 54.6 Å². The Balaban J connectivity index is 1.36. The zero-order chi connectivity index (χ0) is 23.0. The van der Waals surface area contributed by atoms with Gasteiger partial charge in [-0.2, -0.15) is 0 Å². The highest BCUT2D eigenvalue weighted by molar-refractivity contribution is 6.08. The third-order valence-corrected chi connectivity index (χ3v) is 7.49. The van der Waals surface area contributed by atoms with E-state index >= 15 is 0 Å². The van der Waals surface area contributed by atoms with Crippen molar-refractivity contribution in [3.05, 3.63) is 71.3 Å². The van der Waals surface area contributed by atoms with E-state index in [1.54, 1.807) is 4.90 Å².